The summed E-state index contributed by atoms with van der Waals surface area (Å²) >= 11 is 1.63. The summed E-state index contributed by atoms with van der Waals surface area (Å²) in [6, 6.07) is 24.1. The Hall–Kier alpha value is -4.31. The van der Waals surface area contributed by atoms with E-state index in [1.165, 1.54) is 0 Å². The van der Waals surface area contributed by atoms with Gasteiger partial charge in [0.15, 0.2) is 12.2 Å². The molecule has 4 aromatic rings. The zero-order valence-electron chi connectivity index (χ0n) is 28.4. The predicted octanol–water partition coefficient (Wildman–Crippen LogP) is 8.73. The van der Waals surface area contributed by atoms with Gasteiger partial charge in [-0.25, -0.2) is 9.59 Å². The molecule has 0 aliphatic rings. The zero-order chi connectivity index (χ0) is 34.8. The molecule has 0 aliphatic carbocycles. The second-order valence-electron chi connectivity index (χ2n) is 11.3. The van der Waals surface area contributed by atoms with E-state index < -0.39 is 24.1 Å². The SMILES string of the molecule is C=CC(=O)OC(COCCCC)COc1c2ccccc2c(OCC(COCCCC)OC(=O)C=C)c2cc(Sc3ccccc3)ccc12. The van der Waals surface area contributed by atoms with Crippen LogP contribution in [0.15, 0.2) is 108 Å². The van der Waals surface area contributed by atoms with E-state index in [1.54, 1.807) is 11.8 Å². The Kier molecular flexibility index (Phi) is 15.5. The molecule has 0 fully saturated rings. The van der Waals surface area contributed by atoms with Crippen LogP contribution in [-0.4, -0.2) is 63.8 Å². The van der Waals surface area contributed by atoms with Crippen molar-refractivity contribution in [3.05, 3.63) is 98.1 Å². The number of fused-ring (bicyclic) bond motifs is 2. The number of benzene rings is 4. The lowest BCUT2D eigenvalue weighted by atomic mass is 10.0. The lowest BCUT2D eigenvalue weighted by Crippen LogP contribution is -2.30. The lowest BCUT2D eigenvalue weighted by molar-refractivity contribution is -0.148. The maximum absolute atomic E-state index is 12.2. The Morgan fingerprint density at radius 1 is 0.633 bits per heavy atom. The summed E-state index contributed by atoms with van der Waals surface area (Å²) < 4.78 is 35.9. The number of unbranched alkanes of at least 4 members (excludes halogenated alkanes) is 2. The van der Waals surface area contributed by atoms with Crippen LogP contribution in [-0.2, 0) is 28.5 Å². The highest BCUT2D eigenvalue weighted by Gasteiger charge is 2.22. The first-order valence-corrected chi connectivity index (χ1v) is 17.6. The number of carbonyl (C=O) groups excluding carboxylic acids is 2. The number of rotatable bonds is 22. The summed E-state index contributed by atoms with van der Waals surface area (Å²) in [6.07, 6.45) is 4.77. The summed E-state index contributed by atoms with van der Waals surface area (Å²) in [4.78, 5) is 26.5. The van der Waals surface area contributed by atoms with Gasteiger partial charge < -0.3 is 28.4 Å². The van der Waals surface area contributed by atoms with Crippen molar-refractivity contribution in [2.45, 2.75) is 61.5 Å². The van der Waals surface area contributed by atoms with Gasteiger partial charge in [0, 0.05) is 56.7 Å². The van der Waals surface area contributed by atoms with Crippen LogP contribution in [0.25, 0.3) is 21.5 Å². The van der Waals surface area contributed by atoms with Gasteiger partial charge in [0.2, 0.25) is 0 Å². The average Bonchev–Trinajstić information content (AvgIpc) is 3.13. The third-order valence-corrected chi connectivity index (χ3v) is 8.49. The van der Waals surface area contributed by atoms with Crippen LogP contribution in [0.3, 0.4) is 0 Å². The second kappa shape index (κ2) is 20.3. The van der Waals surface area contributed by atoms with Crippen LogP contribution in [0.1, 0.15) is 39.5 Å². The van der Waals surface area contributed by atoms with E-state index in [9.17, 15) is 9.59 Å². The minimum atomic E-state index is -0.651. The van der Waals surface area contributed by atoms with Crippen molar-refractivity contribution in [1.29, 1.82) is 0 Å². The summed E-state index contributed by atoms with van der Waals surface area (Å²) in [7, 11) is 0. The molecule has 0 aromatic heterocycles. The maximum atomic E-state index is 12.2. The number of hydrogen-bond donors (Lipinski definition) is 0. The summed E-state index contributed by atoms with van der Waals surface area (Å²) in [6.45, 7) is 12.9. The molecule has 0 saturated carbocycles. The van der Waals surface area contributed by atoms with Crippen LogP contribution in [0.4, 0.5) is 0 Å². The largest absolute Gasteiger partial charge is 0.488 e. The van der Waals surface area contributed by atoms with Gasteiger partial charge in [-0.1, -0.05) is 94.1 Å². The second-order valence-corrected chi connectivity index (χ2v) is 12.5. The molecule has 49 heavy (non-hydrogen) atoms. The van der Waals surface area contributed by atoms with Crippen LogP contribution in [0.5, 0.6) is 11.5 Å². The zero-order valence-corrected chi connectivity index (χ0v) is 29.2. The fraction of sp³-hybridized carbons (Fsp3) is 0.350. The molecular weight excluding hydrogens is 640 g/mol. The molecule has 0 radical (unpaired) electrons. The van der Waals surface area contributed by atoms with Crippen molar-refractivity contribution in [3.63, 3.8) is 0 Å². The van der Waals surface area contributed by atoms with Crippen molar-refractivity contribution in [2.75, 3.05) is 39.6 Å². The van der Waals surface area contributed by atoms with Gasteiger partial charge in [0.1, 0.15) is 24.7 Å². The molecule has 9 heteroatoms. The number of carbonyl (C=O) groups is 2. The van der Waals surface area contributed by atoms with Gasteiger partial charge in [0.25, 0.3) is 0 Å². The van der Waals surface area contributed by atoms with Gasteiger partial charge in [-0.2, -0.15) is 0 Å². The molecule has 0 aliphatic heterocycles. The molecule has 4 aromatic carbocycles. The molecule has 0 N–H and O–H groups in total. The van der Waals surface area contributed by atoms with Gasteiger partial charge in [-0.15, -0.1) is 0 Å². The highest BCUT2D eigenvalue weighted by molar-refractivity contribution is 7.99. The number of ether oxygens (including phenoxy) is 6. The summed E-state index contributed by atoms with van der Waals surface area (Å²) in [5.74, 6) is 0.163. The standard InChI is InChI=1S/C40H46O8S/c1-5-9-22-43-25-29(47-37(41)7-3)27-45-39-33-18-14-15-19-34(33)40(46-28-30(48-38(42)8-4)26-44-23-10-6-2)36-24-32(20-21-35(36)39)49-31-16-12-11-13-17-31/h7-8,11-21,24,29-30H,3-6,9-10,22-23,25-28H2,1-2H3. The Bertz CT molecular complexity index is 1670. The van der Waals surface area contributed by atoms with Crippen LogP contribution < -0.4 is 9.47 Å². The van der Waals surface area contributed by atoms with E-state index in [-0.39, 0.29) is 26.4 Å². The van der Waals surface area contributed by atoms with E-state index in [1.807, 2.05) is 54.6 Å². The number of esters is 2. The third kappa shape index (κ3) is 11.4. The van der Waals surface area contributed by atoms with Gasteiger partial charge in [-0.05, 0) is 43.2 Å². The molecule has 0 saturated heterocycles. The molecule has 0 amide bonds. The van der Waals surface area contributed by atoms with E-state index >= 15 is 0 Å². The third-order valence-electron chi connectivity index (χ3n) is 7.49. The van der Waals surface area contributed by atoms with Gasteiger partial charge in [0.05, 0.1) is 13.2 Å². The Labute approximate surface area is 293 Å². The van der Waals surface area contributed by atoms with Crippen molar-refractivity contribution >= 4 is 45.2 Å². The van der Waals surface area contributed by atoms with Crippen molar-refractivity contribution in [3.8, 4) is 11.5 Å². The first-order chi connectivity index (χ1) is 24.0. The number of hydrogen-bond acceptors (Lipinski definition) is 9. The first kappa shape index (κ1) is 37.5. The fourth-order valence-corrected chi connectivity index (χ4v) is 5.89. The molecule has 2 atom stereocenters. The fourth-order valence-electron chi connectivity index (χ4n) is 5.01. The minimum absolute atomic E-state index is 0.0652. The average molecular weight is 687 g/mol. The van der Waals surface area contributed by atoms with Crippen LogP contribution >= 0.6 is 11.8 Å². The Morgan fingerprint density at radius 3 is 1.63 bits per heavy atom. The molecule has 0 heterocycles. The van der Waals surface area contributed by atoms with E-state index in [4.69, 9.17) is 28.4 Å². The smallest absolute Gasteiger partial charge is 0.330 e. The van der Waals surface area contributed by atoms with E-state index in [0.717, 1.165) is 69.2 Å². The van der Waals surface area contributed by atoms with Crippen LogP contribution in [0, 0.1) is 0 Å². The Morgan fingerprint density at radius 2 is 1.12 bits per heavy atom. The van der Waals surface area contributed by atoms with Crippen molar-refractivity contribution in [1.82, 2.24) is 0 Å². The molecule has 0 bridgehead atoms. The minimum Gasteiger partial charge on any atom is -0.488 e. The molecule has 2 unspecified atom stereocenters. The molecule has 0 spiro atoms. The monoisotopic (exact) mass is 686 g/mol. The lowest BCUT2D eigenvalue weighted by Gasteiger charge is -2.23. The Balaban J connectivity index is 1.74. The topological polar surface area (TPSA) is 89.5 Å². The molecule has 260 valence electrons. The highest BCUT2D eigenvalue weighted by atomic mass is 32.2. The predicted molar refractivity (Wildman–Crippen MR) is 195 cm³/mol. The molecule has 4 rings (SSSR count). The van der Waals surface area contributed by atoms with Crippen molar-refractivity contribution in [2.24, 2.45) is 0 Å². The molecule has 8 nitrogen and oxygen atoms in total. The first-order valence-electron chi connectivity index (χ1n) is 16.8. The normalized spacial score (nSPS) is 12.3. The highest BCUT2D eigenvalue weighted by Crippen LogP contribution is 2.45. The maximum Gasteiger partial charge on any atom is 0.330 e. The van der Waals surface area contributed by atoms with Crippen LogP contribution in [0.2, 0.25) is 0 Å². The quantitative estimate of drug-likeness (QED) is 0.0349. The van der Waals surface area contributed by atoms with Gasteiger partial charge >= 0.3 is 11.9 Å². The van der Waals surface area contributed by atoms with Gasteiger partial charge in [-0.3, -0.25) is 0 Å². The summed E-state index contributed by atoms with van der Waals surface area (Å²) in [5.41, 5.74) is 0. The summed E-state index contributed by atoms with van der Waals surface area (Å²) in [5, 5.41) is 3.25. The van der Waals surface area contributed by atoms with E-state index in [0.29, 0.717) is 24.7 Å². The van der Waals surface area contributed by atoms with Crippen molar-refractivity contribution < 1.29 is 38.0 Å². The molecular formula is C40H46O8S. The van der Waals surface area contributed by atoms with E-state index in [2.05, 4.69) is 45.2 Å².